The maximum atomic E-state index is 13.6. The molecule has 5 nitrogen and oxygen atoms in total. The lowest BCUT2D eigenvalue weighted by Gasteiger charge is -2.35. The van der Waals surface area contributed by atoms with Crippen molar-refractivity contribution in [2.45, 2.75) is 38.5 Å². The van der Waals surface area contributed by atoms with Gasteiger partial charge in [0.2, 0.25) is 5.88 Å². The number of nitrogens with one attached hydrogen (secondary N) is 1. The van der Waals surface area contributed by atoms with Gasteiger partial charge in [-0.2, -0.15) is 0 Å². The molecular weight excluding hydrogens is 412 g/mol. The second-order valence-electron chi connectivity index (χ2n) is 8.01. The third-order valence-electron chi connectivity index (χ3n) is 6.13. The number of para-hydroxylation sites is 1. The molecule has 2 aromatic carbocycles. The zero-order chi connectivity index (χ0) is 21.5. The van der Waals surface area contributed by atoms with Gasteiger partial charge in [-0.1, -0.05) is 47.1 Å². The number of rotatable bonds is 4. The summed E-state index contributed by atoms with van der Waals surface area (Å²) in [7, 11) is 0. The fraction of sp³-hybridized carbons (Fsp3) is 0.280. The SMILES string of the molecule is CCOc1ccccc1[C@H]1C2=C(C[C@@H](c3ccc(Cl)cc3)CC2=O)Nc2onc(C)c21. The molecule has 158 valence electrons. The van der Waals surface area contributed by atoms with Crippen molar-refractivity contribution in [2.24, 2.45) is 0 Å². The lowest BCUT2D eigenvalue weighted by molar-refractivity contribution is -0.116. The van der Waals surface area contributed by atoms with E-state index in [0.29, 0.717) is 23.9 Å². The number of hydrogen-bond acceptors (Lipinski definition) is 5. The predicted molar refractivity (Wildman–Crippen MR) is 120 cm³/mol. The van der Waals surface area contributed by atoms with Crippen molar-refractivity contribution < 1.29 is 14.1 Å². The minimum atomic E-state index is -0.265. The number of benzene rings is 2. The molecular formula is C25H23ClN2O3. The molecule has 0 bridgehead atoms. The number of carbonyl (C=O) groups excluding carboxylic acids is 1. The molecule has 0 amide bonds. The zero-order valence-electron chi connectivity index (χ0n) is 17.4. The molecule has 3 aromatic rings. The lowest BCUT2D eigenvalue weighted by Crippen LogP contribution is -2.29. The Morgan fingerprint density at radius 1 is 1.16 bits per heavy atom. The average Bonchev–Trinajstić information content (AvgIpc) is 3.14. The van der Waals surface area contributed by atoms with Crippen LogP contribution in [0.5, 0.6) is 5.75 Å². The van der Waals surface area contributed by atoms with Gasteiger partial charge in [0.1, 0.15) is 5.75 Å². The van der Waals surface area contributed by atoms with Gasteiger partial charge in [0.25, 0.3) is 0 Å². The number of fused-ring (bicyclic) bond motifs is 1. The van der Waals surface area contributed by atoms with Crippen LogP contribution in [0, 0.1) is 6.92 Å². The normalized spacial score (nSPS) is 20.2. The summed E-state index contributed by atoms with van der Waals surface area (Å²) in [4.78, 5) is 13.6. The summed E-state index contributed by atoms with van der Waals surface area (Å²) in [6.07, 6.45) is 1.17. The number of ketones is 1. The van der Waals surface area contributed by atoms with Gasteiger partial charge in [-0.15, -0.1) is 0 Å². The molecule has 0 saturated heterocycles. The average molecular weight is 435 g/mol. The molecule has 0 spiro atoms. The number of ether oxygens (including phenoxy) is 1. The standard InChI is InChI=1S/C25H23ClN2O3/c1-3-30-21-7-5-4-6-18(21)23-22-14(2)28-31-25(22)27-19-12-16(13-20(29)24(19)23)15-8-10-17(26)11-9-15/h4-11,16,23,27H,3,12-13H2,1-2H3/t16-,23-/m1/s1. The van der Waals surface area contributed by atoms with Gasteiger partial charge in [0, 0.05) is 28.3 Å². The Balaban J connectivity index is 1.63. The van der Waals surface area contributed by atoms with Gasteiger partial charge in [-0.05, 0) is 49.9 Å². The second kappa shape index (κ2) is 7.89. The molecule has 1 aromatic heterocycles. The number of aromatic nitrogens is 1. The van der Waals surface area contributed by atoms with Crippen molar-refractivity contribution in [2.75, 3.05) is 11.9 Å². The maximum Gasteiger partial charge on any atom is 0.233 e. The van der Waals surface area contributed by atoms with Crippen molar-refractivity contribution in [3.8, 4) is 5.75 Å². The van der Waals surface area contributed by atoms with Gasteiger partial charge in [-0.25, -0.2) is 0 Å². The summed E-state index contributed by atoms with van der Waals surface area (Å²) >= 11 is 6.06. The maximum absolute atomic E-state index is 13.6. The Morgan fingerprint density at radius 3 is 2.71 bits per heavy atom. The molecule has 5 rings (SSSR count). The monoisotopic (exact) mass is 434 g/mol. The summed E-state index contributed by atoms with van der Waals surface area (Å²) in [5, 5.41) is 8.25. The van der Waals surface area contributed by atoms with Crippen molar-refractivity contribution in [3.05, 3.63) is 87.2 Å². The third-order valence-corrected chi connectivity index (χ3v) is 6.38. The zero-order valence-corrected chi connectivity index (χ0v) is 18.2. The highest BCUT2D eigenvalue weighted by Crippen LogP contribution is 2.50. The number of carbonyl (C=O) groups is 1. The fourth-order valence-corrected chi connectivity index (χ4v) is 4.89. The van der Waals surface area contributed by atoms with Gasteiger partial charge in [0.15, 0.2) is 5.78 Å². The second-order valence-corrected chi connectivity index (χ2v) is 8.45. The van der Waals surface area contributed by atoms with Gasteiger partial charge in [-0.3, -0.25) is 4.79 Å². The van der Waals surface area contributed by atoms with Crippen molar-refractivity contribution in [3.63, 3.8) is 0 Å². The van der Waals surface area contributed by atoms with E-state index >= 15 is 0 Å². The Bertz CT molecular complexity index is 1180. The van der Waals surface area contributed by atoms with Crippen LogP contribution >= 0.6 is 11.6 Å². The number of anilines is 1. The molecule has 6 heteroatoms. The smallest absolute Gasteiger partial charge is 0.233 e. The van der Waals surface area contributed by atoms with E-state index in [1.165, 1.54) is 0 Å². The summed E-state index contributed by atoms with van der Waals surface area (Å²) in [6.45, 7) is 4.42. The van der Waals surface area contributed by atoms with Crippen molar-refractivity contribution >= 4 is 23.3 Å². The minimum absolute atomic E-state index is 0.0874. The Hall–Kier alpha value is -3.05. The largest absolute Gasteiger partial charge is 0.494 e. The molecule has 0 saturated carbocycles. The molecule has 0 fully saturated rings. The minimum Gasteiger partial charge on any atom is -0.494 e. The molecule has 2 heterocycles. The predicted octanol–water partition coefficient (Wildman–Crippen LogP) is 5.99. The number of allylic oxidation sites excluding steroid dienone is 2. The highest BCUT2D eigenvalue weighted by atomic mass is 35.5. The molecule has 0 unspecified atom stereocenters. The van der Waals surface area contributed by atoms with Crippen molar-refractivity contribution in [1.82, 2.24) is 5.16 Å². The number of halogens is 1. The van der Waals surface area contributed by atoms with Crippen LogP contribution in [-0.2, 0) is 4.79 Å². The van der Waals surface area contributed by atoms with E-state index in [0.717, 1.165) is 45.8 Å². The van der Waals surface area contributed by atoms with E-state index in [4.69, 9.17) is 20.9 Å². The first-order valence-corrected chi connectivity index (χ1v) is 10.9. The van der Waals surface area contributed by atoms with Crippen LogP contribution in [0.15, 0.2) is 64.3 Å². The highest BCUT2D eigenvalue weighted by molar-refractivity contribution is 6.30. The summed E-state index contributed by atoms with van der Waals surface area (Å²) in [6, 6.07) is 15.7. The Morgan fingerprint density at radius 2 is 1.94 bits per heavy atom. The lowest BCUT2D eigenvalue weighted by atomic mass is 9.72. The molecule has 1 N–H and O–H groups in total. The van der Waals surface area contributed by atoms with Crippen LogP contribution in [0.4, 0.5) is 5.88 Å². The Kier molecular flexibility index (Phi) is 5.06. The highest BCUT2D eigenvalue weighted by Gasteiger charge is 2.42. The number of hydrogen-bond donors (Lipinski definition) is 1. The quantitative estimate of drug-likeness (QED) is 0.546. The van der Waals surface area contributed by atoms with Crippen LogP contribution in [0.3, 0.4) is 0 Å². The van der Waals surface area contributed by atoms with Crippen LogP contribution in [-0.4, -0.2) is 17.5 Å². The first-order valence-electron chi connectivity index (χ1n) is 10.5. The molecule has 1 aliphatic carbocycles. The summed E-state index contributed by atoms with van der Waals surface area (Å²) in [5.41, 5.74) is 5.44. The molecule has 2 aliphatic rings. The summed E-state index contributed by atoms with van der Waals surface area (Å²) < 4.78 is 11.5. The fourth-order valence-electron chi connectivity index (χ4n) is 4.76. The van der Waals surface area contributed by atoms with Crippen LogP contribution < -0.4 is 10.1 Å². The van der Waals surface area contributed by atoms with E-state index in [1.807, 2.05) is 62.4 Å². The topological polar surface area (TPSA) is 64.4 Å². The van der Waals surface area contributed by atoms with Crippen LogP contribution in [0.1, 0.15) is 54.0 Å². The molecule has 31 heavy (non-hydrogen) atoms. The van der Waals surface area contributed by atoms with Crippen LogP contribution in [0.2, 0.25) is 5.02 Å². The molecule has 1 aliphatic heterocycles. The van der Waals surface area contributed by atoms with E-state index in [1.54, 1.807) is 0 Å². The number of Topliss-reactive ketones (excluding diaryl/α,β-unsaturated/α-hetero) is 1. The van der Waals surface area contributed by atoms with Crippen LogP contribution in [0.25, 0.3) is 0 Å². The Labute approximate surface area is 186 Å². The molecule has 0 radical (unpaired) electrons. The van der Waals surface area contributed by atoms with Crippen molar-refractivity contribution in [1.29, 1.82) is 0 Å². The summed E-state index contributed by atoms with van der Waals surface area (Å²) in [5.74, 6) is 1.35. The third kappa shape index (κ3) is 3.43. The first kappa shape index (κ1) is 19.9. The van der Waals surface area contributed by atoms with E-state index in [9.17, 15) is 4.79 Å². The van der Waals surface area contributed by atoms with E-state index < -0.39 is 0 Å². The van der Waals surface area contributed by atoms with E-state index in [2.05, 4.69) is 10.5 Å². The number of nitrogens with zero attached hydrogens (tertiary/aromatic N) is 1. The molecule has 2 atom stereocenters. The number of aryl methyl sites for hydroxylation is 1. The van der Waals surface area contributed by atoms with Gasteiger partial charge < -0.3 is 14.6 Å². The van der Waals surface area contributed by atoms with E-state index in [-0.39, 0.29) is 17.6 Å². The van der Waals surface area contributed by atoms with Gasteiger partial charge >= 0.3 is 0 Å². The first-order chi connectivity index (χ1) is 15.1. The van der Waals surface area contributed by atoms with Gasteiger partial charge in [0.05, 0.1) is 23.8 Å².